The van der Waals surface area contributed by atoms with Gasteiger partial charge in [-0.05, 0) is 13.3 Å². The molecule has 2 heterocycles. The molecule has 1 aromatic heterocycles. The Hall–Kier alpha value is -0.940. The largest absolute Gasteiger partial charge is 0.377 e. The number of nitrogens with one attached hydrogen (secondary N) is 1. The maximum absolute atomic E-state index is 5.46. The van der Waals surface area contributed by atoms with Crippen molar-refractivity contribution in [2.45, 2.75) is 32.0 Å². The number of ether oxygens (including phenoxy) is 1. The fourth-order valence-corrected chi connectivity index (χ4v) is 1.72. The minimum absolute atomic E-state index is 0.339. The van der Waals surface area contributed by atoms with E-state index in [1.54, 1.807) is 6.20 Å². The molecule has 0 aromatic carbocycles. The number of aromatic nitrogens is 3. The standard InChI is InChI=1S/C9H16N4O/c1-8-9(2-7-14-8)10-3-5-13-6-4-11-12-13/h4,6,8-10H,2-3,5,7H2,1H3. The predicted octanol–water partition coefficient (Wildman–Crippen LogP) is 0.0451. The number of hydrogen-bond acceptors (Lipinski definition) is 4. The average Bonchev–Trinajstić information content (AvgIpc) is 2.78. The molecule has 2 rings (SSSR count). The highest BCUT2D eigenvalue weighted by Crippen LogP contribution is 2.11. The molecule has 0 bridgehead atoms. The van der Waals surface area contributed by atoms with Gasteiger partial charge in [-0.1, -0.05) is 5.21 Å². The van der Waals surface area contributed by atoms with Gasteiger partial charge in [0.15, 0.2) is 0 Å². The molecule has 1 saturated heterocycles. The van der Waals surface area contributed by atoms with Crippen molar-refractivity contribution in [2.75, 3.05) is 13.2 Å². The van der Waals surface area contributed by atoms with Crippen LogP contribution in [0, 0.1) is 0 Å². The van der Waals surface area contributed by atoms with Crippen LogP contribution in [0.2, 0.25) is 0 Å². The Morgan fingerprint density at radius 3 is 3.21 bits per heavy atom. The summed E-state index contributed by atoms with van der Waals surface area (Å²) >= 11 is 0. The summed E-state index contributed by atoms with van der Waals surface area (Å²) in [5, 5.41) is 11.1. The van der Waals surface area contributed by atoms with Crippen molar-refractivity contribution >= 4 is 0 Å². The van der Waals surface area contributed by atoms with Crippen molar-refractivity contribution in [3.05, 3.63) is 12.4 Å². The summed E-state index contributed by atoms with van der Waals surface area (Å²) in [6, 6.07) is 0.499. The molecule has 0 aliphatic carbocycles. The SMILES string of the molecule is CC1OCCC1NCCn1ccnn1. The molecular formula is C9H16N4O. The fraction of sp³-hybridized carbons (Fsp3) is 0.778. The first-order chi connectivity index (χ1) is 6.86. The molecule has 1 aromatic rings. The second kappa shape index (κ2) is 4.52. The molecule has 78 valence electrons. The first-order valence-electron chi connectivity index (χ1n) is 5.05. The van der Waals surface area contributed by atoms with Gasteiger partial charge < -0.3 is 10.1 Å². The third-order valence-corrected chi connectivity index (χ3v) is 2.60. The number of rotatable bonds is 4. The molecule has 0 radical (unpaired) electrons. The zero-order valence-electron chi connectivity index (χ0n) is 8.39. The van der Waals surface area contributed by atoms with E-state index in [1.165, 1.54) is 0 Å². The van der Waals surface area contributed by atoms with Crippen LogP contribution in [0.3, 0.4) is 0 Å². The van der Waals surface area contributed by atoms with E-state index in [0.717, 1.165) is 26.1 Å². The van der Waals surface area contributed by atoms with E-state index in [9.17, 15) is 0 Å². The topological polar surface area (TPSA) is 52.0 Å². The maximum atomic E-state index is 5.46. The molecule has 0 saturated carbocycles. The smallest absolute Gasteiger partial charge is 0.0700 e. The van der Waals surface area contributed by atoms with E-state index >= 15 is 0 Å². The highest BCUT2D eigenvalue weighted by atomic mass is 16.5. The van der Waals surface area contributed by atoms with Gasteiger partial charge in [0.1, 0.15) is 0 Å². The Labute approximate surface area is 83.4 Å². The van der Waals surface area contributed by atoms with Crippen LogP contribution in [0.5, 0.6) is 0 Å². The van der Waals surface area contributed by atoms with Crippen LogP contribution >= 0.6 is 0 Å². The Morgan fingerprint density at radius 1 is 1.64 bits per heavy atom. The summed E-state index contributed by atoms with van der Waals surface area (Å²) in [6.07, 6.45) is 5.02. The number of hydrogen-bond donors (Lipinski definition) is 1. The van der Waals surface area contributed by atoms with Crippen LogP contribution in [0.25, 0.3) is 0 Å². The van der Waals surface area contributed by atoms with E-state index in [1.807, 2.05) is 10.9 Å². The molecule has 1 fully saturated rings. The Kier molecular flexibility index (Phi) is 3.10. The van der Waals surface area contributed by atoms with Gasteiger partial charge in [-0.3, -0.25) is 4.68 Å². The summed E-state index contributed by atoms with van der Waals surface area (Å²) in [5.41, 5.74) is 0. The summed E-state index contributed by atoms with van der Waals surface area (Å²) in [5.74, 6) is 0. The molecular weight excluding hydrogens is 180 g/mol. The molecule has 5 heteroatoms. The van der Waals surface area contributed by atoms with E-state index in [0.29, 0.717) is 12.1 Å². The molecule has 1 aliphatic heterocycles. The van der Waals surface area contributed by atoms with Gasteiger partial charge in [0, 0.05) is 25.4 Å². The minimum Gasteiger partial charge on any atom is -0.377 e. The maximum Gasteiger partial charge on any atom is 0.0700 e. The fourth-order valence-electron chi connectivity index (χ4n) is 1.72. The van der Waals surface area contributed by atoms with Crippen molar-refractivity contribution in [3.8, 4) is 0 Å². The summed E-state index contributed by atoms with van der Waals surface area (Å²) in [4.78, 5) is 0. The third kappa shape index (κ3) is 2.30. The van der Waals surface area contributed by atoms with Crippen LogP contribution in [-0.2, 0) is 11.3 Å². The summed E-state index contributed by atoms with van der Waals surface area (Å²) in [6.45, 7) is 4.77. The molecule has 1 N–H and O–H groups in total. The van der Waals surface area contributed by atoms with E-state index in [4.69, 9.17) is 4.74 Å². The van der Waals surface area contributed by atoms with Crippen LogP contribution in [0.1, 0.15) is 13.3 Å². The van der Waals surface area contributed by atoms with Gasteiger partial charge >= 0.3 is 0 Å². The lowest BCUT2D eigenvalue weighted by Gasteiger charge is -2.15. The van der Waals surface area contributed by atoms with Gasteiger partial charge in [-0.2, -0.15) is 0 Å². The molecule has 0 spiro atoms. The second-order valence-corrected chi connectivity index (χ2v) is 3.59. The summed E-state index contributed by atoms with van der Waals surface area (Å²) in [7, 11) is 0. The quantitative estimate of drug-likeness (QED) is 0.739. The zero-order valence-corrected chi connectivity index (χ0v) is 8.39. The van der Waals surface area contributed by atoms with Gasteiger partial charge in [-0.15, -0.1) is 5.10 Å². The normalized spacial score (nSPS) is 26.9. The van der Waals surface area contributed by atoms with Crippen molar-refractivity contribution in [1.82, 2.24) is 20.3 Å². The molecule has 2 unspecified atom stereocenters. The average molecular weight is 196 g/mol. The third-order valence-electron chi connectivity index (χ3n) is 2.60. The van der Waals surface area contributed by atoms with Crippen LogP contribution in [-0.4, -0.2) is 40.3 Å². The zero-order chi connectivity index (χ0) is 9.80. The van der Waals surface area contributed by atoms with Crippen LogP contribution in [0.15, 0.2) is 12.4 Å². The highest BCUT2D eigenvalue weighted by Gasteiger charge is 2.22. The van der Waals surface area contributed by atoms with E-state index in [-0.39, 0.29) is 0 Å². The lowest BCUT2D eigenvalue weighted by molar-refractivity contribution is 0.113. The highest BCUT2D eigenvalue weighted by molar-refractivity contribution is 4.78. The minimum atomic E-state index is 0.339. The molecule has 2 atom stereocenters. The first kappa shape index (κ1) is 9.61. The van der Waals surface area contributed by atoms with Crippen LogP contribution in [0.4, 0.5) is 0 Å². The van der Waals surface area contributed by atoms with Crippen molar-refractivity contribution in [2.24, 2.45) is 0 Å². The van der Waals surface area contributed by atoms with Crippen molar-refractivity contribution in [1.29, 1.82) is 0 Å². The van der Waals surface area contributed by atoms with E-state index < -0.39 is 0 Å². The first-order valence-corrected chi connectivity index (χ1v) is 5.05. The Balaban J connectivity index is 1.68. The molecule has 0 amide bonds. The monoisotopic (exact) mass is 196 g/mol. The van der Waals surface area contributed by atoms with Gasteiger partial charge in [0.25, 0.3) is 0 Å². The molecule has 14 heavy (non-hydrogen) atoms. The lowest BCUT2D eigenvalue weighted by atomic mass is 10.1. The van der Waals surface area contributed by atoms with Gasteiger partial charge in [-0.25, -0.2) is 0 Å². The van der Waals surface area contributed by atoms with Crippen LogP contribution < -0.4 is 5.32 Å². The summed E-state index contributed by atoms with van der Waals surface area (Å²) < 4.78 is 7.28. The molecule has 1 aliphatic rings. The van der Waals surface area contributed by atoms with Crippen molar-refractivity contribution < 1.29 is 4.74 Å². The van der Waals surface area contributed by atoms with E-state index in [2.05, 4.69) is 22.6 Å². The second-order valence-electron chi connectivity index (χ2n) is 3.59. The lowest BCUT2D eigenvalue weighted by Crippen LogP contribution is -2.36. The Bertz CT molecular complexity index is 262. The molecule has 5 nitrogen and oxygen atoms in total. The van der Waals surface area contributed by atoms with Gasteiger partial charge in [0.2, 0.25) is 0 Å². The van der Waals surface area contributed by atoms with Gasteiger partial charge in [0.05, 0.1) is 18.8 Å². The predicted molar refractivity (Wildman–Crippen MR) is 51.8 cm³/mol. The number of nitrogens with zero attached hydrogens (tertiary/aromatic N) is 3. The Morgan fingerprint density at radius 2 is 2.57 bits per heavy atom. The van der Waals surface area contributed by atoms with Crippen molar-refractivity contribution in [3.63, 3.8) is 0 Å².